The Morgan fingerprint density at radius 2 is 2.07 bits per heavy atom. The molecule has 0 unspecified atom stereocenters. The van der Waals surface area contributed by atoms with E-state index in [0.29, 0.717) is 0 Å². The second-order valence-corrected chi connectivity index (χ2v) is 4.20. The molecule has 0 spiro atoms. The van der Waals surface area contributed by atoms with Crippen LogP contribution >= 0.6 is 0 Å². The van der Waals surface area contributed by atoms with E-state index in [2.05, 4.69) is 19.1 Å². The van der Waals surface area contributed by atoms with E-state index in [4.69, 9.17) is 0 Å². The molecule has 78 valence electrons. The Hall–Kier alpha value is -1.37. The van der Waals surface area contributed by atoms with Gasteiger partial charge in [-0.3, -0.25) is 4.79 Å². The first-order chi connectivity index (χ1) is 7.20. The van der Waals surface area contributed by atoms with Crippen LogP contribution in [0.25, 0.3) is 0 Å². The van der Waals surface area contributed by atoms with Gasteiger partial charge < -0.3 is 0 Å². The molecule has 0 aromatic heterocycles. The highest BCUT2D eigenvalue weighted by atomic mass is 16.1. The standard InChI is InChI=1S/C14H16O/c1-10-6-5-9-13(11(10)2)14(15)12-7-3-4-8-12/h5-7,9H,3-4,8H2,1-2H3. The van der Waals surface area contributed by atoms with E-state index in [0.717, 1.165) is 36.0 Å². The fourth-order valence-electron chi connectivity index (χ4n) is 2.05. The minimum absolute atomic E-state index is 0.230. The van der Waals surface area contributed by atoms with Gasteiger partial charge in [-0.2, -0.15) is 0 Å². The Labute approximate surface area is 90.8 Å². The number of aryl methyl sites for hydroxylation is 1. The summed E-state index contributed by atoms with van der Waals surface area (Å²) in [5.74, 6) is 0.230. The third-order valence-electron chi connectivity index (χ3n) is 3.18. The maximum absolute atomic E-state index is 12.2. The molecule has 2 rings (SSSR count). The van der Waals surface area contributed by atoms with Crippen LogP contribution in [-0.4, -0.2) is 5.78 Å². The van der Waals surface area contributed by atoms with Crippen LogP contribution in [0.4, 0.5) is 0 Å². The normalized spacial score (nSPS) is 15.2. The maximum atomic E-state index is 12.2. The molecule has 0 radical (unpaired) electrons. The van der Waals surface area contributed by atoms with Crippen LogP contribution in [0.2, 0.25) is 0 Å². The predicted octanol–water partition coefficient (Wildman–Crippen LogP) is 3.60. The van der Waals surface area contributed by atoms with E-state index in [1.807, 2.05) is 19.1 Å². The minimum atomic E-state index is 0.230. The molecule has 1 aromatic rings. The topological polar surface area (TPSA) is 17.1 Å². The van der Waals surface area contributed by atoms with Crippen molar-refractivity contribution < 1.29 is 4.79 Å². The first kappa shape index (κ1) is 10.2. The number of rotatable bonds is 2. The molecule has 0 saturated carbocycles. The van der Waals surface area contributed by atoms with Crippen molar-refractivity contribution in [1.82, 2.24) is 0 Å². The lowest BCUT2D eigenvalue weighted by atomic mass is 9.96. The second-order valence-electron chi connectivity index (χ2n) is 4.20. The molecule has 0 bridgehead atoms. The molecule has 1 aliphatic carbocycles. The van der Waals surface area contributed by atoms with Gasteiger partial charge in [-0.05, 0) is 49.8 Å². The fourth-order valence-corrected chi connectivity index (χ4v) is 2.05. The molecular weight excluding hydrogens is 184 g/mol. The number of allylic oxidation sites excluding steroid dienone is 2. The summed E-state index contributed by atoms with van der Waals surface area (Å²) in [6.45, 7) is 4.08. The molecule has 0 N–H and O–H groups in total. The zero-order valence-corrected chi connectivity index (χ0v) is 9.34. The van der Waals surface area contributed by atoms with E-state index < -0.39 is 0 Å². The van der Waals surface area contributed by atoms with Crippen molar-refractivity contribution in [2.75, 3.05) is 0 Å². The van der Waals surface area contributed by atoms with Crippen LogP contribution in [0, 0.1) is 13.8 Å². The first-order valence-electron chi connectivity index (χ1n) is 5.50. The Balaban J connectivity index is 2.37. The zero-order chi connectivity index (χ0) is 10.8. The minimum Gasteiger partial charge on any atom is -0.289 e. The monoisotopic (exact) mass is 200 g/mol. The van der Waals surface area contributed by atoms with Crippen LogP contribution in [0.15, 0.2) is 29.8 Å². The second kappa shape index (κ2) is 4.01. The Bertz CT molecular complexity index is 427. The van der Waals surface area contributed by atoms with Crippen molar-refractivity contribution in [2.45, 2.75) is 33.1 Å². The molecule has 0 atom stereocenters. The number of ketones is 1. The van der Waals surface area contributed by atoms with Crippen molar-refractivity contribution in [3.8, 4) is 0 Å². The van der Waals surface area contributed by atoms with Crippen molar-refractivity contribution in [1.29, 1.82) is 0 Å². The van der Waals surface area contributed by atoms with E-state index in [-0.39, 0.29) is 5.78 Å². The average molecular weight is 200 g/mol. The van der Waals surface area contributed by atoms with Gasteiger partial charge in [0.05, 0.1) is 0 Å². The van der Waals surface area contributed by atoms with Gasteiger partial charge in [0, 0.05) is 5.56 Å². The first-order valence-corrected chi connectivity index (χ1v) is 5.50. The molecule has 0 amide bonds. The maximum Gasteiger partial charge on any atom is 0.188 e. The molecule has 15 heavy (non-hydrogen) atoms. The van der Waals surface area contributed by atoms with Gasteiger partial charge in [0.2, 0.25) is 0 Å². The molecule has 1 nitrogen and oxygen atoms in total. The molecule has 0 aliphatic heterocycles. The molecule has 1 heteroatoms. The summed E-state index contributed by atoms with van der Waals surface area (Å²) in [7, 11) is 0. The Morgan fingerprint density at radius 3 is 2.73 bits per heavy atom. The van der Waals surface area contributed by atoms with Crippen LogP contribution < -0.4 is 0 Å². The highest BCUT2D eigenvalue weighted by Crippen LogP contribution is 2.24. The Morgan fingerprint density at radius 1 is 1.27 bits per heavy atom. The van der Waals surface area contributed by atoms with Crippen LogP contribution in [0.3, 0.4) is 0 Å². The van der Waals surface area contributed by atoms with Crippen molar-refractivity contribution in [3.63, 3.8) is 0 Å². The molecule has 0 heterocycles. The van der Waals surface area contributed by atoms with Crippen LogP contribution in [0.1, 0.15) is 40.7 Å². The molecule has 1 aliphatic rings. The molecule has 1 aromatic carbocycles. The Kier molecular flexibility index (Phi) is 2.72. The van der Waals surface area contributed by atoms with E-state index in [1.165, 1.54) is 5.56 Å². The average Bonchev–Trinajstić information content (AvgIpc) is 2.74. The number of benzene rings is 1. The lowest BCUT2D eigenvalue weighted by Crippen LogP contribution is -2.04. The molecule has 0 fully saturated rings. The van der Waals surface area contributed by atoms with Crippen molar-refractivity contribution in [3.05, 3.63) is 46.5 Å². The van der Waals surface area contributed by atoms with E-state index in [9.17, 15) is 4.79 Å². The summed E-state index contributed by atoms with van der Waals surface area (Å²) in [5, 5.41) is 0. The smallest absolute Gasteiger partial charge is 0.188 e. The lowest BCUT2D eigenvalue weighted by Gasteiger charge is -2.07. The third-order valence-corrected chi connectivity index (χ3v) is 3.18. The summed E-state index contributed by atoms with van der Waals surface area (Å²) in [6, 6.07) is 5.95. The highest BCUT2D eigenvalue weighted by molar-refractivity contribution is 6.09. The van der Waals surface area contributed by atoms with Gasteiger partial charge in [0.15, 0.2) is 5.78 Å². The van der Waals surface area contributed by atoms with Gasteiger partial charge in [0.1, 0.15) is 0 Å². The number of hydrogen-bond acceptors (Lipinski definition) is 1. The quantitative estimate of drug-likeness (QED) is 0.667. The van der Waals surface area contributed by atoms with E-state index >= 15 is 0 Å². The predicted molar refractivity (Wildman–Crippen MR) is 62.2 cm³/mol. The summed E-state index contributed by atoms with van der Waals surface area (Å²) < 4.78 is 0. The van der Waals surface area contributed by atoms with Crippen molar-refractivity contribution >= 4 is 5.78 Å². The highest BCUT2D eigenvalue weighted by Gasteiger charge is 2.17. The van der Waals surface area contributed by atoms with Gasteiger partial charge in [-0.25, -0.2) is 0 Å². The number of carbonyl (C=O) groups is 1. The SMILES string of the molecule is Cc1cccc(C(=O)C2=CCCC2)c1C. The molecule has 0 saturated heterocycles. The number of Topliss-reactive ketones (excluding diaryl/α,β-unsaturated/α-hetero) is 1. The van der Waals surface area contributed by atoms with Gasteiger partial charge in [-0.15, -0.1) is 0 Å². The summed E-state index contributed by atoms with van der Waals surface area (Å²) in [4.78, 5) is 12.2. The summed E-state index contributed by atoms with van der Waals surface area (Å²) >= 11 is 0. The van der Waals surface area contributed by atoms with Gasteiger partial charge >= 0.3 is 0 Å². The fraction of sp³-hybridized carbons (Fsp3) is 0.357. The van der Waals surface area contributed by atoms with Gasteiger partial charge in [-0.1, -0.05) is 24.3 Å². The number of hydrogen-bond donors (Lipinski definition) is 0. The zero-order valence-electron chi connectivity index (χ0n) is 9.34. The summed E-state index contributed by atoms with van der Waals surface area (Å²) in [6.07, 6.45) is 5.23. The van der Waals surface area contributed by atoms with Crippen LogP contribution in [0.5, 0.6) is 0 Å². The summed E-state index contributed by atoms with van der Waals surface area (Å²) in [5.41, 5.74) is 4.20. The van der Waals surface area contributed by atoms with Gasteiger partial charge in [0.25, 0.3) is 0 Å². The number of carbonyl (C=O) groups excluding carboxylic acids is 1. The lowest BCUT2D eigenvalue weighted by molar-refractivity contribution is 0.103. The van der Waals surface area contributed by atoms with E-state index in [1.54, 1.807) is 0 Å². The largest absolute Gasteiger partial charge is 0.289 e. The molecular formula is C14H16O. The van der Waals surface area contributed by atoms with Crippen LogP contribution in [-0.2, 0) is 0 Å². The van der Waals surface area contributed by atoms with Crippen molar-refractivity contribution in [2.24, 2.45) is 0 Å². The third kappa shape index (κ3) is 1.87.